The van der Waals surface area contributed by atoms with Crippen LogP contribution < -0.4 is 9.47 Å². The third-order valence-corrected chi connectivity index (χ3v) is 11.3. The van der Waals surface area contributed by atoms with Crippen LogP contribution in [-0.4, -0.2) is 13.2 Å². The van der Waals surface area contributed by atoms with Crippen LogP contribution in [0, 0.1) is 54.3 Å². The van der Waals surface area contributed by atoms with Gasteiger partial charge in [0.25, 0.3) is 0 Å². The van der Waals surface area contributed by atoms with Gasteiger partial charge in [-0.05, 0) is 84.8 Å². The molecule has 6 atom stereocenters. The van der Waals surface area contributed by atoms with Crippen LogP contribution in [-0.2, 0) is 0 Å². The first kappa shape index (κ1) is 45.8. The number of hydrogen-bond donors (Lipinski definition) is 0. The Morgan fingerprint density at radius 3 is 0.857 bits per heavy atom. The van der Waals surface area contributed by atoms with E-state index in [1.165, 1.54) is 121 Å². The first-order chi connectivity index (χ1) is 23.3. The Balaban J connectivity index is 2.16. The number of ether oxygens (including phenoxy) is 2. The van der Waals surface area contributed by atoms with Crippen LogP contribution >= 0.6 is 0 Å². The molecule has 288 valence electrons. The molecule has 0 aliphatic heterocycles. The minimum Gasteiger partial charge on any atom is -0.493 e. The molecule has 0 fully saturated rings. The molecule has 0 spiro atoms. The number of benzene rings is 1. The van der Waals surface area contributed by atoms with Crippen molar-refractivity contribution in [2.45, 2.75) is 205 Å². The highest BCUT2D eigenvalue weighted by atomic mass is 16.5. The summed E-state index contributed by atoms with van der Waals surface area (Å²) >= 11 is 0. The molecule has 2 unspecified atom stereocenters. The van der Waals surface area contributed by atoms with Gasteiger partial charge in [0.15, 0.2) is 0 Å². The van der Waals surface area contributed by atoms with Crippen molar-refractivity contribution < 1.29 is 9.47 Å². The molecule has 1 aromatic rings. The lowest BCUT2D eigenvalue weighted by Crippen LogP contribution is -2.07. The minimum absolute atomic E-state index is 0.714. The van der Waals surface area contributed by atoms with Crippen LogP contribution in [0.5, 0.6) is 11.5 Å². The van der Waals surface area contributed by atoms with Gasteiger partial charge in [-0.3, -0.25) is 0 Å². The fourth-order valence-corrected chi connectivity index (χ4v) is 7.51. The molecule has 2 nitrogen and oxygen atoms in total. The Kier molecular flexibility index (Phi) is 26.6. The zero-order valence-electron chi connectivity index (χ0n) is 35.2. The van der Waals surface area contributed by atoms with Gasteiger partial charge in [0, 0.05) is 6.07 Å². The molecule has 0 aliphatic rings. The van der Waals surface area contributed by atoms with Gasteiger partial charge in [-0.15, -0.1) is 0 Å². The topological polar surface area (TPSA) is 18.5 Å². The van der Waals surface area contributed by atoms with E-state index in [1.807, 2.05) is 0 Å². The largest absolute Gasteiger partial charge is 0.493 e. The van der Waals surface area contributed by atoms with E-state index >= 15 is 0 Å². The molecule has 0 radical (unpaired) electrons. The maximum atomic E-state index is 6.23. The second-order valence-electron chi connectivity index (χ2n) is 18.3. The first-order valence-corrected chi connectivity index (χ1v) is 21.7. The lowest BCUT2D eigenvalue weighted by atomic mass is 9.91. The highest BCUT2D eigenvalue weighted by Gasteiger charge is 2.11. The zero-order valence-corrected chi connectivity index (χ0v) is 35.2. The predicted octanol–water partition coefficient (Wildman–Crippen LogP) is 15.7. The van der Waals surface area contributed by atoms with Crippen molar-refractivity contribution >= 4 is 0 Å². The van der Waals surface area contributed by atoms with Crippen LogP contribution in [0.15, 0.2) is 18.2 Å². The molecule has 0 aromatic heterocycles. The van der Waals surface area contributed by atoms with Crippen LogP contribution in [0.25, 0.3) is 0 Å². The molecule has 0 bridgehead atoms. The normalized spacial score (nSPS) is 15.7. The SMILES string of the molecule is Cc1cc(OCCC(C)CCC[C@H](C)CCC[C@H](C)CCCC(C)C)cc(OCCC(C)CCC[C@H](C)CCC[C@H](C)CCCC(C)C)c1. The van der Waals surface area contributed by atoms with Gasteiger partial charge in [0.1, 0.15) is 11.5 Å². The summed E-state index contributed by atoms with van der Waals surface area (Å²) in [4.78, 5) is 0. The maximum absolute atomic E-state index is 6.23. The smallest absolute Gasteiger partial charge is 0.123 e. The third-order valence-electron chi connectivity index (χ3n) is 11.3. The fourth-order valence-electron chi connectivity index (χ4n) is 7.51. The van der Waals surface area contributed by atoms with E-state index in [0.717, 1.165) is 73.1 Å². The molecule has 0 aliphatic carbocycles. The molecule has 1 aromatic carbocycles. The van der Waals surface area contributed by atoms with Crippen LogP contribution in [0.1, 0.15) is 203 Å². The van der Waals surface area contributed by atoms with Crippen LogP contribution in [0.2, 0.25) is 0 Å². The van der Waals surface area contributed by atoms with Crippen molar-refractivity contribution in [2.24, 2.45) is 47.3 Å². The van der Waals surface area contributed by atoms with E-state index < -0.39 is 0 Å². The summed E-state index contributed by atoms with van der Waals surface area (Å²) in [5.41, 5.74) is 1.21. The van der Waals surface area contributed by atoms with Crippen LogP contribution in [0.3, 0.4) is 0 Å². The highest BCUT2D eigenvalue weighted by molar-refractivity contribution is 5.37. The molecule has 49 heavy (non-hydrogen) atoms. The molecular weight excluding hydrogens is 597 g/mol. The zero-order chi connectivity index (χ0) is 36.4. The van der Waals surface area contributed by atoms with Crippen molar-refractivity contribution in [1.82, 2.24) is 0 Å². The Hall–Kier alpha value is -1.18. The average molecular weight is 685 g/mol. The summed E-state index contributed by atoms with van der Waals surface area (Å²) in [6.45, 7) is 27.8. The van der Waals surface area contributed by atoms with E-state index in [2.05, 4.69) is 94.4 Å². The summed E-state index contributed by atoms with van der Waals surface area (Å²) < 4.78 is 12.5. The second kappa shape index (κ2) is 28.4. The Labute approximate surface area is 309 Å². The molecule has 0 N–H and O–H groups in total. The molecule has 2 heteroatoms. The van der Waals surface area contributed by atoms with Crippen molar-refractivity contribution in [3.8, 4) is 11.5 Å². The standard InChI is InChI=1S/C47H88O2/c1-37(2)18-12-20-39(5)22-14-24-41(7)26-16-28-43(9)30-32-48-46-34-45(11)35-47(36-46)49-33-31-44(10)29-17-27-42(8)25-15-23-40(6)21-13-19-38(3)4/h34-44H,12-33H2,1-11H3/t39-,40-,41-,42-,43?,44?/m1/s1. The summed E-state index contributed by atoms with van der Waals surface area (Å²) in [6.07, 6.45) is 27.2. The van der Waals surface area contributed by atoms with Gasteiger partial charge in [-0.25, -0.2) is 0 Å². The molecule has 0 heterocycles. The maximum Gasteiger partial charge on any atom is 0.123 e. The number of rotatable bonds is 32. The second-order valence-corrected chi connectivity index (χ2v) is 18.3. The average Bonchev–Trinajstić information content (AvgIpc) is 3.00. The van der Waals surface area contributed by atoms with E-state index in [4.69, 9.17) is 9.47 Å². The predicted molar refractivity (Wildman–Crippen MR) is 219 cm³/mol. The Bertz CT molecular complexity index is 822. The van der Waals surface area contributed by atoms with Gasteiger partial charge < -0.3 is 9.47 Å². The quantitative estimate of drug-likeness (QED) is 0.0752. The van der Waals surface area contributed by atoms with Gasteiger partial charge >= 0.3 is 0 Å². The number of aryl methyl sites for hydroxylation is 1. The van der Waals surface area contributed by atoms with Crippen molar-refractivity contribution in [3.05, 3.63) is 23.8 Å². The number of hydrogen-bond acceptors (Lipinski definition) is 2. The monoisotopic (exact) mass is 685 g/mol. The highest BCUT2D eigenvalue weighted by Crippen LogP contribution is 2.27. The van der Waals surface area contributed by atoms with Crippen LogP contribution in [0.4, 0.5) is 0 Å². The van der Waals surface area contributed by atoms with Gasteiger partial charge in [-0.2, -0.15) is 0 Å². The van der Waals surface area contributed by atoms with Crippen molar-refractivity contribution in [1.29, 1.82) is 0 Å². The van der Waals surface area contributed by atoms with Crippen molar-refractivity contribution in [2.75, 3.05) is 13.2 Å². The summed E-state index contributed by atoms with van der Waals surface area (Å²) in [5, 5.41) is 0. The molecule has 0 amide bonds. The summed E-state index contributed by atoms with van der Waals surface area (Å²) in [7, 11) is 0. The minimum atomic E-state index is 0.714. The summed E-state index contributed by atoms with van der Waals surface area (Å²) in [5.74, 6) is 8.58. The first-order valence-electron chi connectivity index (χ1n) is 21.7. The lowest BCUT2D eigenvalue weighted by molar-refractivity contribution is 0.263. The Morgan fingerprint density at radius 1 is 0.347 bits per heavy atom. The Morgan fingerprint density at radius 2 is 0.592 bits per heavy atom. The molecule has 0 saturated carbocycles. The fraction of sp³-hybridized carbons (Fsp3) is 0.872. The van der Waals surface area contributed by atoms with Gasteiger partial charge in [0.2, 0.25) is 0 Å². The van der Waals surface area contributed by atoms with E-state index in [0.29, 0.717) is 11.8 Å². The van der Waals surface area contributed by atoms with Gasteiger partial charge in [-0.1, -0.05) is 185 Å². The van der Waals surface area contributed by atoms with E-state index in [-0.39, 0.29) is 0 Å². The summed E-state index contributed by atoms with van der Waals surface area (Å²) in [6, 6.07) is 6.41. The molecular formula is C47H88O2. The van der Waals surface area contributed by atoms with Gasteiger partial charge in [0.05, 0.1) is 13.2 Å². The molecule has 0 saturated heterocycles. The third kappa shape index (κ3) is 27.2. The van der Waals surface area contributed by atoms with E-state index in [1.54, 1.807) is 0 Å². The lowest BCUT2D eigenvalue weighted by Gasteiger charge is -2.17. The molecule has 1 rings (SSSR count). The van der Waals surface area contributed by atoms with E-state index in [9.17, 15) is 0 Å². The van der Waals surface area contributed by atoms with Crippen molar-refractivity contribution in [3.63, 3.8) is 0 Å².